The molecule has 3 nitrogen and oxygen atoms in total. The van der Waals surface area contributed by atoms with Crippen molar-refractivity contribution >= 4 is 17.7 Å². The second-order valence-electron chi connectivity index (χ2n) is 5.63. The molecule has 1 aromatic rings. The molecule has 1 heterocycles. The van der Waals surface area contributed by atoms with Gasteiger partial charge in [0, 0.05) is 25.3 Å². The van der Waals surface area contributed by atoms with Crippen molar-refractivity contribution in [2.24, 2.45) is 0 Å². The minimum atomic E-state index is 0.309. The standard InChI is InChI=1S/C18H27NO2S/c1-2-22-15-11-18(20)19-12-8-17(9-13-19)21-14-10-16-6-4-3-5-7-16/h3-7,17H,2,8-15H2,1H3. The van der Waals surface area contributed by atoms with Crippen LogP contribution in [0.4, 0.5) is 0 Å². The second kappa shape index (κ2) is 9.90. The Labute approximate surface area is 138 Å². The molecule has 1 aliphatic rings. The summed E-state index contributed by atoms with van der Waals surface area (Å²) in [5.74, 6) is 2.34. The van der Waals surface area contributed by atoms with Gasteiger partial charge in [-0.3, -0.25) is 4.79 Å². The molecule has 0 unspecified atom stereocenters. The predicted octanol–water partition coefficient (Wildman–Crippen LogP) is 3.38. The highest BCUT2D eigenvalue weighted by Gasteiger charge is 2.22. The van der Waals surface area contributed by atoms with Gasteiger partial charge in [0.25, 0.3) is 0 Å². The first-order valence-electron chi connectivity index (χ1n) is 8.30. The van der Waals surface area contributed by atoms with Crippen molar-refractivity contribution in [3.05, 3.63) is 35.9 Å². The van der Waals surface area contributed by atoms with Crippen LogP contribution in [0.25, 0.3) is 0 Å². The molecular formula is C18H27NO2S. The summed E-state index contributed by atoms with van der Waals surface area (Å²) in [4.78, 5) is 14.1. The van der Waals surface area contributed by atoms with Crippen LogP contribution in [0, 0.1) is 0 Å². The Morgan fingerprint density at radius 2 is 2.00 bits per heavy atom. The van der Waals surface area contributed by atoms with Crippen LogP contribution in [0.3, 0.4) is 0 Å². The molecule has 0 atom stereocenters. The maximum Gasteiger partial charge on any atom is 0.223 e. The molecule has 0 saturated carbocycles. The van der Waals surface area contributed by atoms with Crippen molar-refractivity contribution in [1.82, 2.24) is 4.90 Å². The van der Waals surface area contributed by atoms with Crippen molar-refractivity contribution in [3.8, 4) is 0 Å². The Balaban J connectivity index is 1.59. The van der Waals surface area contributed by atoms with E-state index < -0.39 is 0 Å². The molecule has 0 spiro atoms. The zero-order valence-corrected chi connectivity index (χ0v) is 14.3. The summed E-state index contributed by atoms with van der Waals surface area (Å²) in [6.45, 7) is 4.61. The van der Waals surface area contributed by atoms with E-state index in [1.807, 2.05) is 22.7 Å². The molecule has 2 rings (SSSR count). The first-order chi connectivity index (χ1) is 10.8. The largest absolute Gasteiger partial charge is 0.378 e. The molecule has 1 saturated heterocycles. The molecule has 1 aliphatic heterocycles. The Hall–Kier alpha value is -1.00. The van der Waals surface area contributed by atoms with Crippen LogP contribution < -0.4 is 0 Å². The molecule has 0 aliphatic carbocycles. The van der Waals surface area contributed by atoms with Gasteiger partial charge in [-0.15, -0.1) is 0 Å². The highest BCUT2D eigenvalue weighted by atomic mass is 32.2. The summed E-state index contributed by atoms with van der Waals surface area (Å²) in [7, 11) is 0. The Morgan fingerprint density at radius 1 is 1.27 bits per heavy atom. The fourth-order valence-corrected chi connectivity index (χ4v) is 3.33. The van der Waals surface area contributed by atoms with E-state index in [-0.39, 0.29) is 0 Å². The normalized spacial score (nSPS) is 16.0. The minimum absolute atomic E-state index is 0.309. The summed E-state index contributed by atoms with van der Waals surface area (Å²) in [6.07, 6.45) is 3.91. The molecule has 1 aromatic carbocycles. The zero-order valence-electron chi connectivity index (χ0n) is 13.5. The number of benzene rings is 1. The number of nitrogens with zero attached hydrogens (tertiary/aromatic N) is 1. The number of thioether (sulfide) groups is 1. The van der Waals surface area contributed by atoms with E-state index in [0.29, 0.717) is 18.4 Å². The maximum absolute atomic E-state index is 12.1. The van der Waals surface area contributed by atoms with Gasteiger partial charge in [0.2, 0.25) is 5.91 Å². The third-order valence-corrected chi connectivity index (χ3v) is 4.95. The molecule has 0 radical (unpaired) electrons. The summed E-state index contributed by atoms with van der Waals surface area (Å²) >= 11 is 1.84. The summed E-state index contributed by atoms with van der Waals surface area (Å²) in [5, 5.41) is 0. The lowest BCUT2D eigenvalue weighted by atomic mass is 10.1. The van der Waals surface area contributed by atoms with Gasteiger partial charge in [-0.05, 0) is 30.6 Å². The van der Waals surface area contributed by atoms with Crippen molar-refractivity contribution in [2.75, 3.05) is 31.2 Å². The molecule has 0 N–H and O–H groups in total. The molecule has 0 aromatic heterocycles. The third-order valence-electron chi connectivity index (χ3n) is 4.05. The van der Waals surface area contributed by atoms with Gasteiger partial charge in [0.15, 0.2) is 0 Å². The summed E-state index contributed by atoms with van der Waals surface area (Å²) in [6, 6.07) is 10.4. The van der Waals surface area contributed by atoms with Crippen LogP contribution in [0.1, 0.15) is 31.7 Å². The van der Waals surface area contributed by atoms with E-state index in [1.54, 1.807) is 0 Å². The van der Waals surface area contributed by atoms with Gasteiger partial charge < -0.3 is 9.64 Å². The van der Waals surface area contributed by atoms with Crippen molar-refractivity contribution in [1.29, 1.82) is 0 Å². The summed E-state index contributed by atoms with van der Waals surface area (Å²) in [5.41, 5.74) is 1.32. The van der Waals surface area contributed by atoms with Gasteiger partial charge >= 0.3 is 0 Å². The van der Waals surface area contributed by atoms with Crippen molar-refractivity contribution < 1.29 is 9.53 Å². The molecule has 4 heteroatoms. The SMILES string of the molecule is CCSCCC(=O)N1CCC(OCCc2ccccc2)CC1. The Kier molecular flexibility index (Phi) is 7.81. The number of piperidine rings is 1. The average Bonchev–Trinajstić information content (AvgIpc) is 2.56. The molecule has 1 fully saturated rings. The Bertz CT molecular complexity index is 430. The average molecular weight is 321 g/mol. The smallest absolute Gasteiger partial charge is 0.223 e. The molecular weight excluding hydrogens is 294 g/mol. The minimum Gasteiger partial charge on any atom is -0.378 e. The fraction of sp³-hybridized carbons (Fsp3) is 0.611. The van der Waals surface area contributed by atoms with Gasteiger partial charge in [-0.2, -0.15) is 11.8 Å². The first-order valence-corrected chi connectivity index (χ1v) is 9.46. The number of rotatable bonds is 8. The third kappa shape index (κ3) is 6.01. The number of ether oxygens (including phenoxy) is 1. The van der Waals surface area contributed by atoms with E-state index in [9.17, 15) is 4.79 Å². The van der Waals surface area contributed by atoms with E-state index in [0.717, 1.165) is 50.5 Å². The highest BCUT2D eigenvalue weighted by Crippen LogP contribution is 2.16. The van der Waals surface area contributed by atoms with Crippen LogP contribution in [-0.2, 0) is 16.0 Å². The second-order valence-corrected chi connectivity index (χ2v) is 7.03. The zero-order chi connectivity index (χ0) is 15.6. The number of hydrogen-bond donors (Lipinski definition) is 0. The number of hydrogen-bond acceptors (Lipinski definition) is 3. The van der Waals surface area contributed by atoms with Crippen LogP contribution in [-0.4, -0.2) is 48.1 Å². The quantitative estimate of drug-likeness (QED) is 0.688. The molecule has 1 amide bonds. The number of likely N-dealkylation sites (tertiary alicyclic amines) is 1. The lowest BCUT2D eigenvalue weighted by molar-refractivity contribution is -0.133. The number of amides is 1. The van der Waals surface area contributed by atoms with E-state index >= 15 is 0 Å². The van der Waals surface area contributed by atoms with Crippen LogP contribution in [0.2, 0.25) is 0 Å². The van der Waals surface area contributed by atoms with Crippen LogP contribution in [0.5, 0.6) is 0 Å². The Morgan fingerprint density at radius 3 is 2.68 bits per heavy atom. The predicted molar refractivity (Wildman–Crippen MR) is 93.3 cm³/mol. The van der Waals surface area contributed by atoms with Crippen LogP contribution >= 0.6 is 11.8 Å². The number of carbonyl (C=O) groups is 1. The van der Waals surface area contributed by atoms with Crippen LogP contribution in [0.15, 0.2) is 30.3 Å². The van der Waals surface area contributed by atoms with Gasteiger partial charge in [0.1, 0.15) is 0 Å². The molecule has 122 valence electrons. The van der Waals surface area contributed by atoms with Gasteiger partial charge in [0.05, 0.1) is 12.7 Å². The van der Waals surface area contributed by atoms with Gasteiger partial charge in [-0.25, -0.2) is 0 Å². The lowest BCUT2D eigenvalue weighted by Crippen LogP contribution is -2.41. The molecule has 22 heavy (non-hydrogen) atoms. The van der Waals surface area contributed by atoms with Gasteiger partial charge in [-0.1, -0.05) is 37.3 Å². The number of carbonyl (C=O) groups excluding carboxylic acids is 1. The monoisotopic (exact) mass is 321 g/mol. The van der Waals surface area contributed by atoms with Crippen molar-refractivity contribution in [2.45, 2.75) is 38.7 Å². The van der Waals surface area contributed by atoms with Crippen molar-refractivity contribution in [3.63, 3.8) is 0 Å². The molecule has 0 bridgehead atoms. The highest BCUT2D eigenvalue weighted by molar-refractivity contribution is 7.99. The summed E-state index contributed by atoms with van der Waals surface area (Å²) < 4.78 is 5.97. The first kappa shape index (κ1) is 17.4. The fourth-order valence-electron chi connectivity index (χ4n) is 2.72. The maximum atomic E-state index is 12.1. The topological polar surface area (TPSA) is 29.5 Å². The van der Waals surface area contributed by atoms with E-state index in [4.69, 9.17) is 4.74 Å². The van der Waals surface area contributed by atoms with E-state index in [1.165, 1.54) is 5.56 Å². The lowest BCUT2D eigenvalue weighted by Gasteiger charge is -2.32. The van der Waals surface area contributed by atoms with E-state index in [2.05, 4.69) is 31.2 Å².